The van der Waals surface area contributed by atoms with E-state index >= 15 is 0 Å². The van der Waals surface area contributed by atoms with Crippen LogP contribution in [-0.4, -0.2) is 56.4 Å². The molecule has 2 atom stereocenters. The Bertz CT molecular complexity index is 893. The molecule has 2 aromatic rings. The van der Waals surface area contributed by atoms with Crippen molar-refractivity contribution in [2.45, 2.75) is 12.2 Å². The van der Waals surface area contributed by atoms with Gasteiger partial charge in [0.15, 0.2) is 0 Å². The first-order chi connectivity index (χ1) is 12.6. The van der Waals surface area contributed by atoms with Crippen molar-refractivity contribution in [1.29, 1.82) is 5.26 Å². The minimum Gasteiger partial charge on any atom is -0.383 e. The average Bonchev–Trinajstić information content (AvgIpc) is 3.32. The number of rotatable bonds is 4. The highest BCUT2D eigenvalue weighted by Gasteiger charge is 2.44. The molecule has 2 fully saturated rings. The maximum Gasteiger partial charge on any atom is 0.129 e. The van der Waals surface area contributed by atoms with Crippen molar-refractivity contribution in [2.24, 2.45) is 0 Å². The highest BCUT2D eigenvalue weighted by molar-refractivity contribution is 9.10. The van der Waals surface area contributed by atoms with Gasteiger partial charge in [-0.1, -0.05) is 0 Å². The van der Waals surface area contributed by atoms with Crippen LogP contribution in [-0.2, 0) is 9.47 Å². The van der Waals surface area contributed by atoms with Crippen molar-refractivity contribution in [1.82, 2.24) is 9.88 Å². The van der Waals surface area contributed by atoms with E-state index in [2.05, 4.69) is 50.1 Å². The summed E-state index contributed by atoms with van der Waals surface area (Å²) in [7, 11) is 3.81. The number of morpholine rings is 1. The predicted octanol–water partition coefficient (Wildman–Crippen LogP) is 3.18. The van der Waals surface area contributed by atoms with Gasteiger partial charge >= 0.3 is 0 Å². The molecule has 0 amide bonds. The third-order valence-corrected chi connectivity index (χ3v) is 5.33. The van der Waals surface area contributed by atoms with Crippen molar-refractivity contribution in [3.8, 4) is 6.07 Å². The first-order valence-corrected chi connectivity index (χ1v) is 9.44. The number of nitriles is 1. The van der Waals surface area contributed by atoms with Crippen LogP contribution in [0.5, 0.6) is 0 Å². The number of aromatic amines is 1. The molecule has 3 heterocycles. The molecule has 1 unspecified atom stereocenters. The molecule has 7 heteroatoms. The zero-order valence-corrected chi connectivity index (χ0v) is 16.4. The predicted molar refractivity (Wildman–Crippen MR) is 104 cm³/mol. The number of hydrogen-bond acceptors (Lipinski definition) is 5. The average molecular weight is 417 g/mol. The van der Waals surface area contributed by atoms with E-state index < -0.39 is 0 Å². The fraction of sp³-hybridized carbons (Fsp3) is 0.421. The molecule has 0 spiro atoms. The van der Waals surface area contributed by atoms with Gasteiger partial charge in [0.1, 0.15) is 12.2 Å². The van der Waals surface area contributed by atoms with Crippen LogP contribution in [0.4, 0.5) is 5.69 Å². The number of ether oxygens (including phenoxy) is 2. The fourth-order valence-electron chi connectivity index (χ4n) is 3.39. The summed E-state index contributed by atoms with van der Waals surface area (Å²) in [4.78, 5) is 7.65. The third-order valence-electron chi connectivity index (χ3n) is 4.69. The van der Waals surface area contributed by atoms with Gasteiger partial charge in [-0.3, -0.25) is 0 Å². The second-order valence-corrected chi connectivity index (χ2v) is 7.71. The molecular weight excluding hydrogens is 396 g/mol. The number of anilines is 1. The topological polar surface area (TPSA) is 67.8 Å². The number of nitrogens with zero attached hydrogens (tertiary/aromatic N) is 3. The summed E-state index contributed by atoms with van der Waals surface area (Å²) in [5.74, 6) is 0. The van der Waals surface area contributed by atoms with Crippen LogP contribution in [0.2, 0.25) is 0 Å². The molecule has 0 saturated carbocycles. The summed E-state index contributed by atoms with van der Waals surface area (Å²) in [6, 6.07) is 8.68. The Balaban J connectivity index is 1.60. The first-order valence-electron chi connectivity index (χ1n) is 8.65. The summed E-state index contributed by atoms with van der Waals surface area (Å²) >= 11 is 3.70. The van der Waals surface area contributed by atoms with Crippen molar-refractivity contribution < 1.29 is 9.47 Å². The van der Waals surface area contributed by atoms with Gasteiger partial charge in [-0.25, -0.2) is 0 Å². The van der Waals surface area contributed by atoms with E-state index in [0.717, 1.165) is 47.4 Å². The minimum absolute atomic E-state index is 0.0844. The van der Waals surface area contributed by atoms with Gasteiger partial charge in [-0.15, -0.1) is 0 Å². The summed E-state index contributed by atoms with van der Waals surface area (Å²) in [6.07, 6.45) is 1.57. The summed E-state index contributed by atoms with van der Waals surface area (Å²) < 4.78 is 12.3. The number of epoxide rings is 1. The number of benzene rings is 1. The molecule has 0 bridgehead atoms. The Morgan fingerprint density at radius 3 is 2.81 bits per heavy atom. The SMILES string of the molecule is CN(C)/C=C(\C#N)[C@@H]1OC1c1cc2cc(N3CCOCC3)c(Br)cc2[nH]1. The zero-order chi connectivity index (χ0) is 18.3. The lowest BCUT2D eigenvalue weighted by Gasteiger charge is -2.29. The van der Waals surface area contributed by atoms with Crippen molar-refractivity contribution >= 4 is 32.5 Å². The van der Waals surface area contributed by atoms with Crippen LogP contribution >= 0.6 is 15.9 Å². The van der Waals surface area contributed by atoms with Gasteiger partial charge < -0.3 is 24.3 Å². The summed E-state index contributed by atoms with van der Waals surface area (Å²) in [5, 5.41) is 10.5. The lowest BCUT2D eigenvalue weighted by Crippen LogP contribution is -2.36. The fourth-order valence-corrected chi connectivity index (χ4v) is 3.99. The number of aromatic nitrogens is 1. The van der Waals surface area contributed by atoms with Gasteiger partial charge in [-0.05, 0) is 34.1 Å². The number of hydrogen-bond donors (Lipinski definition) is 1. The molecule has 0 radical (unpaired) electrons. The van der Waals surface area contributed by atoms with E-state index in [1.807, 2.05) is 25.2 Å². The maximum atomic E-state index is 9.35. The van der Waals surface area contributed by atoms with Crippen LogP contribution in [0, 0.1) is 11.3 Å². The summed E-state index contributed by atoms with van der Waals surface area (Å²) in [5.41, 5.74) is 3.91. The molecule has 1 aromatic carbocycles. The Morgan fingerprint density at radius 1 is 1.35 bits per heavy atom. The zero-order valence-electron chi connectivity index (χ0n) is 14.8. The molecule has 2 aliphatic rings. The van der Waals surface area contributed by atoms with E-state index in [-0.39, 0.29) is 12.2 Å². The van der Waals surface area contributed by atoms with Crippen LogP contribution in [0.15, 0.2) is 34.4 Å². The van der Waals surface area contributed by atoms with Gasteiger partial charge in [0.2, 0.25) is 0 Å². The van der Waals surface area contributed by atoms with Crippen molar-refractivity contribution in [2.75, 3.05) is 45.3 Å². The van der Waals surface area contributed by atoms with Crippen LogP contribution in [0.3, 0.4) is 0 Å². The molecular formula is C19H21BrN4O2. The van der Waals surface area contributed by atoms with E-state index in [9.17, 15) is 5.26 Å². The van der Waals surface area contributed by atoms with E-state index in [0.29, 0.717) is 5.57 Å². The molecule has 2 saturated heterocycles. The summed E-state index contributed by atoms with van der Waals surface area (Å²) in [6.45, 7) is 3.32. The number of halogens is 1. The van der Waals surface area contributed by atoms with Crippen LogP contribution in [0.1, 0.15) is 11.8 Å². The second kappa shape index (κ2) is 6.95. The second-order valence-electron chi connectivity index (χ2n) is 6.85. The highest BCUT2D eigenvalue weighted by atomic mass is 79.9. The van der Waals surface area contributed by atoms with Gasteiger partial charge in [-0.2, -0.15) is 5.26 Å². The Labute approximate surface area is 161 Å². The molecule has 4 rings (SSSR count). The maximum absolute atomic E-state index is 9.35. The molecule has 0 aliphatic carbocycles. The van der Waals surface area contributed by atoms with Gasteiger partial charge in [0, 0.05) is 54.5 Å². The largest absolute Gasteiger partial charge is 0.383 e. The van der Waals surface area contributed by atoms with Crippen molar-refractivity contribution in [3.63, 3.8) is 0 Å². The van der Waals surface area contributed by atoms with Gasteiger partial charge in [0.25, 0.3) is 0 Å². The number of fused-ring (bicyclic) bond motifs is 1. The lowest BCUT2D eigenvalue weighted by atomic mass is 10.1. The molecule has 2 aliphatic heterocycles. The minimum atomic E-state index is -0.169. The monoisotopic (exact) mass is 416 g/mol. The van der Waals surface area contributed by atoms with Gasteiger partial charge in [0.05, 0.1) is 30.5 Å². The van der Waals surface area contributed by atoms with E-state index in [1.165, 1.54) is 5.69 Å². The number of nitrogens with one attached hydrogen (secondary N) is 1. The number of H-pyrrole nitrogens is 1. The highest BCUT2D eigenvalue weighted by Crippen LogP contribution is 2.44. The molecule has 26 heavy (non-hydrogen) atoms. The third kappa shape index (κ3) is 3.32. The van der Waals surface area contributed by atoms with Crippen LogP contribution in [0.25, 0.3) is 10.9 Å². The smallest absolute Gasteiger partial charge is 0.129 e. The van der Waals surface area contributed by atoms with E-state index in [4.69, 9.17) is 9.47 Å². The lowest BCUT2D eigenvalue weighted by molar-refractivity contribution is 0.122. The first kappa shape index (κ1) is 17.4. The quantitative estimate of drug-likeness (QED) is 0.612. The Kier molecular flexibility index (Phi) is 4.65. The van der Waals surface area contributed by atoms with Crippen molar-refractivity contribution in [3.05, 3.63) is 40.1 Å². The normalized spacial score (nSPS) is 23.2. The molecule has 1 N–H and O–H groups in total. The standard InChI is InChI=1S/C19H21BrN4O2/c1-23(2)11-13(10-21)18-19(26-18)16-7-12-8-17(14(20)9-15(12)22-16)24-3-5-25-6-4-24/h7-9,11,18-19,22H,3-6H2,1-2H3/b13-11+/t18-,19?/m0/s1. The molecule has 1 aromatic heterocycles. The van der Waals surface area contributed by atoms with E-state index in [1.54, 1.807) is 0 Å². The molecule has 136 valence electrons. The Hall–Kier alpha value is -2.01. The Morgan fingerprint density at radius 2 is 2.12 bits per heavy atom. The van der Waals surface area contributed by atoms with Crippen LogP contribution < -0.4 is 4.90 Å². The molecule has 6 nitrogen and oxygen atoms in total.